The van der Waals surface area contributed by atoms with Crippen molar-refractivity contribution in [3.05, 3.63) is 22.8 Å². The van der Waals surface area contributed by atoms with Gasteiger partial charge in [0.1, 0.15) is 0 Å². The molecule has 0 aromatic rings. The van der Waals surface area contributed by atoms with E-state index in [9.17, 15) is 9.90 Å². The van der Waals surface area contributed by atoms with Crippen molar-refractivity contribution in [3.8, 4) is 0 Å². The van der Waals surface area contributed by atoms with Crippen LogP contribution in [-0.2, 0) is 9.53 Å². The van der Waals surface area contributed by atoms with Gasteiger partial charge in [-0.2, -0.15) is 0 Å². The highest BCUT2D eigenvalue weighted by Gasteiger charge is 2.45. The van der Waals surface area contributed by atoms with Crippen LogP contribution in [0.1, 0.15) is 25.7 Å². The van der Waals surface area contributed by atoms with E-state index < -0.39 is 0 Å². The van der Waals surface area contributed by atoms with Gasteiger partial charge in [-0.05, 0) is 25.2 Å². The third-order valence-electron chi connectivity index (χ3n) is 4.28. The van der Waals surface area contributed by atoms with Crippen LogP contribution >= 0.6 is 0 Å². The van der Waals surface area contributed by atoms with Crippen LogP contribution < -0.4 is 0 Å². The number of esters is 1. The Morgan fingerprint density at radius 3 is 3.00 bits per heavy atom. The summed E-state index contributed by atoms with van der Waals surface area (Å²) in [4.78, 5) is 11.5. The molecule has 3 aliphatic carbocycles. The van der Waals surface area contributed by atoms with E-state index in [0.717, 1.165) is 24.8 Å². The molecule has 86 valence electrons. The van der Waals surface area contributed by atoms with Crippen molar-refractivity contribution in [2.75, 3.05) is 7.11 Å². The lowest BCUT2D eigenvalue weighted by molar-refractivity contribution is -0.136. The van der Waals surface area contributed by atoms with Crippen LogP contribution in [0.25, 0.3) is 0 Å². The molecule has 3 nitrogen and oxygen atoms in total. The minimum absolute atomic E-state index is 0.180. The third kappa shape index (κ3) is 1.27. The molecular weight excluding hydrogens is 204 g/mol. The predicted molar refractivity (Wildman–Crippen MR) is 58.6 cm³/mol. The molecule has 0 aromatic carbocycles. The van der Waals surface area contributed by atoms with Gasteiger partial charge in [-0.3, -0.25) is 0 Å². The lowest BCUT2D eigenvalue weighted by Gasteiger charge is -2.26. The summed E-state index contributed by atoms with van der Waals surface area (Å²) in [5, 5.41) is 9.87. The van der Waals surface area contributed by atoms with Gasteiger partial charge in [-0.15, -0.1) is 0 Å². The topological polar surface area (TPSA) is 46.5 Å². The molecule has 0 amide bonds. The van der Waals surface area contributed by atoms with Gasteiger partial charge in [0.25, 0.3) is 0 Å². The molecule has 3 heteroatoms. The first-order valence-electron chi connectivity index (χ1n) is 5.88. The molecule has 3 atom stereocenters. The van der Waals surface area contributed by atoms with Gasteiger partial charge in [0.15, 0.2) is 0 Å². The number of hydrogen-bond acceptors (Lipinski definition) is 3. The molecule has 0 spiro atoms. The predicted octanol–water partition coefficient (Wildman–Crippen LogP) is 1.58. The zero-order valence-corrected chi connectivity index (χ0v) is 9.40. The Balaban J connectivity index is 1.84. The molecular formula is C13H16O3. The van der Waals surface area contributed by atoms with Crippen LogP contribution in [0, 0.1) is 11.8 Å². The molecule has 1 saturated carbocycles. The lowest BCUT2D eigenvalue weighted by atomic mass is 9.81. The van der Waals surface area contributed by atoms with Crippen molar-refractivity contribution in [1.29, 1.82) is 0 Å². The number of ether oxygens (including phenoxy) is 1. The van der Waals surface area contributed by atoms with Gasteiger partial charge in [0, 0.05) is 17.9 Å². The van der Waals surface area contributed by atoms with Crippen LogP contribution in [0.3, 0.4) is 0 Å². The normalized spacial score (nSPS) is 36.1. The van der Waals surface area contributed by atoms with Crippen molar-refractivity contribution in [2.45, 2.75) is 31.8 Å². The molecule has 0 unspecified atom stereocenters. The largest absolute Gasteiger partial charge is 0.466 e. The highest BCUT2D eigenvalue weighted by atomic mass is 16.5. The van der Waals surface area contributed by atoms with Gasteiger partial charge in [-0.1, -0.05) is 17.2 Å². The lowest BCUT2D eigenvalue weighted by Crippen LogP contribution is -2.22. The molecule has 2 bridgehead atoms. The van der Waals surface area contributed by atoms with E-state index in [1.165, 1.54) is 18.3 Å². The van der Waals surface area contributed by atoms with Gasteiger partial charge in [0.2, 0.25) is 0 Å². The summed E-state index contributed by atoms with van der Waals surface area (Å²) in [7, 11) is 1.42. The minimum atomic E-state index is -0.219. The molecule has 3 rings (SSSR count). The van der Waals surface area contributed by atoms with E-state index in [1.54, 1.807) is 0 Å². The third-order valence-corrected chi connectivity index (χ3v) is 4.28. The molecule has 3 aliphatic rings. The van der Waals surface area contributed by atoms with Crippen molar-refractivity contribution in [3.63, 3.8) is 0 Å². The maximum absolute atomic E-state index is 11.5. The smallest absolute Gasteiger partial charge is 0.333 e. The summed E-state index contributed by atoms with van der Waals surface area (Å²) < 4.78 is 4.75. The summed E-state index contributed by atoms with van der Waals surface area (Å²) >= 11 is 0. The second-order valence-electron chi connectivity index (χ2n) is 4.99. The Morgan fingerprint density at radius 2 is 2.25 bits per heavy atom. The van der Waals surface area contributed by atoms with E-state index in [0.29, 0.717) is 18.3 Å². The number of fused-ring (bicyclic) bond motifs is 4. The molecule has 0 saturated heterocycles. The molecule has 0 aliphatic heterocycles. The standard InChI is InChI=1S/C13H16O3/c1-16-13(15)7-2-3-9-8-5-11(10(9)4-7)12(14)6-8/h2,8,11-12,14H,3-6H2,1H3/t8-,11-,12+/m0/s1. The first-order chi connectivity index (χ1) is 7.70. The molecule has 0 aromatic heterocycles. The number of carbonyl (C=O) groups is 1. The fourth-order valence-electron chi connectivity index (χ4n) is 3.51. The summed E-state index contributed by atoms with van der Waals surface area (Å²) in [6.45, 7) is 0. The number of hydrogen-bond donors (Lipinski definition) is 1. The van der Waals surface area contributed by atoms with Crippen molar-refractivity contribution >= 4 is 5.97 Å². The average Bonchev–Trinajstić information content (AvgIpc) is 2.84. The first-order valence-corrected chi connectivity index (χ1v) is 5.88. The maximum Gasteiger partial charge on any atom is 0.333 e. The van der Waals surface area contributed by atoms with Gasteiger partial charge >= 0.3 is 5.97 Å². The van der Waals surface area contributed by atoms with Crippen LogP contribution in [0.15, 0.2) is 22.8 Å². The Labute approximate surface area is 94.8 Å². The van der Waals surface area contributed by atoms with Gasteiger partial charge < -0.3 is 9.84 Å². The van der Waals surface area contributed by atoms with Crippen LogP contribution in [-0.4, -0.2) is 24.3 Å². The number of allylic oxidation sites excluding steroid dienone is 2. The quantitative estimate of drug-likeness (QED) is 0.539. The van der Waals surface area contributed by atoms with Gasteiger partial charge in [0.05, 0.1) is 13.2 Å². The van der Waals surface area contributed by atoms with Crippen molar-refractivity contribution in [1.82, 2.24) is 0 Å². The summed E-state index contributed by atoms with van der Waals surface area (Å²) in [5.74, 6) is 0.669. The number of carbonyl (C=O) groups excluding carboxylic acids is 1. The molecule has 1 fully saturated rings. The monoisotopic (exact) mass is 220 g/mol. The van der Waals surface area contributed by atoms with E-state index in [1.807, 2.05) is 6.08 Å². The highest BCUT2D eigenvalue weighted by Crippen LogP contribution is 2.53. The fraction of sp³-hybridized carbons (Fsp3) is 0.615. The second kappa shape index (κ2) is 3.45. The van der Waals surface area contributed by atoms with Crippen LogP contribution in [0.2, 0.25) is 0 Å². The van der Waals surface area contributed by atoms with Gasteiger partial charge in [-0.25, -0.2) is 4.79 Å². The molecule has 0 radical (unpaired) electrons. The SMILES string of the molecule is COC(=O)C1=CCC2=C(C1)[C@@H]1C[C@H]2C[C@H]1O. The molecule has 16 heavy (non-hydrogen) atoms. The first kappa shape index (κ1) is 10.1. The number of aliphatic hydroxyl groups excluding tert-OH is 1. The van der Waals surface area contributed by atoms with Crippen molar-refractivity contribution < 1.29 is 14.6 Å². The maximum atomic E-state index is 11.5. The second-order valence-corrected chi connectivity index (χ2v) is 4.99. The molecule has 1 N–H and O–H groups in total. The summed E-state index contributed by atoms with van der Waals surface area (Å²) in [6, 6.07) is 0. The Morgan fingerprint density at radius 1 is 1.44 bits per heavy atom. The zero-order chi connectivity index (χ0) is 11.3. The number of rotatable bonds is 1. The van der Waals surface area contributed by atoms with E-state index in [-0.39, 0.29) is 12.1 Å². The Kier molecular flexibility index (Phi) is 2.18. The van der Waals surface area contributed by atoms with Crippen molar-refractivity contribution in [2.24, 2.45) is 11.8 Å². The summed E-state index contributed by atoms with van der Waals surface area (Å²) in [5.41, 5.74) is 3.58. The van der Waals surface area contributed by atoms with Crippen LogP contribution in [0.4, 0.5) is 0 Å². The number of aliphatic hydroxyl groups is 1. The van der Waals surface area contributed by atoms with E-state index in [4.69, 9.17) is 4.74 Å². The molecule has 0 heterocycles. The fourth-order valence-corrected chi connectivity index (χ4v) is 3.51. The number of methoxy groups -OCH3 is 1. The Bertz CT molecular complexity index is 405. The van der Waals surface area contributed by atoms with Crippen LogP contribution in [0.5, 0.6) is 0 Å². The summed E-state index contributed by atoms with van der Waals surface area (Å²) in [6.07, 6.45) is 5.41. The highest BCUT2D eigenvalue weighted by molar-refractivity contribution is 5.89. The zero-order valence-electron chi connectivity index (χ0n) is 9.40. The van der Waals surface area contributed by atoms with E-state index in [2.05, 4.69) is 0 Å². The van der Waals surface area contributed by atoms with E-state index >= 15 is 0 Å². The average molecular weight is 220 g/mol. The Hall–Kier alpha value is -1.09. The minimum Gasteiger partial charge on any atom is -0.466 e.